The van der Waals surface area contributed by atoms with E-state index in [1.54, 1.807) is 0 Å². The fourth-order valence-corrected chi connectivity index (χ4v) is 2.20. The zero-order chi connectivity index (χ0) is 13.4. The molecule has 3 nitrogen and oxygen atoms in total. The van der Waals surface area contributed by atoms with E-state index in [2.05, 4.69) is 5.32 Å². The number of nitrogens with two attached hydrogens (primary N) is 1. The predicted molar refractivity (Wildman–Crippen MR) is 73.1 cm³/mol. The molecule has 1 saturated carbocycles. The van der Waals surface area contributed by atoms with Crippen LogP contribution in [-0.2, 0) is 16.8 Å². The summed E-state index contributed by atoms with van der Waals surface area (Å²) >= 11 is 0. The Morgan fingerprint density at radius 3 is 2.50 bits per heavy atom. The van der Waals surface area contributed by atoms with Gasteiger partial charge in [-0.05, 0) is 44.7 Å². The summed E-state index contributed by atoms with van der Waals surface area (Å²) in [6.07, 6.45) is 2.45. The SMILES string of the molecule is CC(C)(C)NC(=O)Cc1ccccc1C1(N)CC1. The molecule has 1 aliphatic carbocycles. The Kier molecular flexibility index (Phi) is 3.20. The number of carbonyl (C=O) groups excluding carboxylic acids is 1. The molecular weight excluding hydrogens is 224 g/mol. The number of hydrogen-bond acceptors (Lipinski definition) is 2. The maximum atomic E-state index is 12.0. The topological polar surface area (TPSA) is 55.1 Å². The Hall–Kier alpha value is -1.35. The molecule has 1 aromatic rings. The fraction of sp³-hybridized carbons (Fsp3) is 0.533. The first kappa shape index (κ1) is 13.1. The second-order valence-corrected chi connectivity index (χ2v) is 6.29. The van der Waals surface area contributed by atoms with Crippen LogP contribution in [0.4, 0.5) is 0 Å². The van der Waals surface area contributed by atoms with E-state index in [1.165, 1.54) is 0 Å². The molecule has 0 unspecified atom stereocenters. The van der Waals surface area contributed by atoms with E-state index < -0.39 is 0 Å². The number of benzene rings is 1. The Labute approximate surface area is 109 Å². The van der Waals surface area contributed by atoms with E-state index in [9.17, 15) is 4.79 Å². The van der Waals surface area contributed by atoms with Crippen LogP contribution in [0.1, 0.15) is 44.7 Å². The van der Waals surface area contributed by atoms with Crippen LogP contribution in [0.2, 0.25) is 0 Å². The summed E-state index contributed by atoms with van der Waals surface area (Å²) in [6, 6.07) is 8.01. The molecule has 1 aromatic carbocycles. The van der Waals surface area contributed by atoms with Gasteiger partial charge in [-0.3, -0.25) is 4.79 Å². The number of nitrogens with one attached hydrogen (secondary N) is 1. The van der Waals surface area contributed by atoms with Crippen molar-refractivity contribution in [2.75, 3.05) is 0 Å². The van der Waals surface area contributed by atoms with Gasteiger partial charge >= 0.3 is 0 Å². The predicted octanol–water partition coefficient (Wildman–Crippen LogP) is 2.09. The summed E-state index contributed by atoms with van der Waals surface area (Å²) in [7, 11) is 0. The van der Waals surface area contributed by atoms with Crippen molar-refractivity contribution in [1.29, 1.82) is 0 Å². The van der Waals surface area contributed by atoms with Gasteiger partial charge in [0.05, 0.1) is 6.42 Å². The van der Waals surface area contributed by atoms with Crippen LogP contribution in [0.3, 0.4) is 0 Å². The third-order valence-corrected chi connectivity index (χ3v) is 3.21. The molecule has 0 heterocycles. The maximum Gasteiger partial charge on any atom is 0.224 e. The van der Waals surface area contributed by atoms with Gasteiger partial charge in [0, 0.05) is 11.1 Å². The van der Waals surface area contributed by atoms with Gasteiger partial charge in [-0.15, -0.1) is 0 Å². The molecule has 1 fully saturated rings. The Balaban J connectivity index is 2.12. The van der Waals surface area contributed by atoms with Crippen molar-refractivity contribution in [2.45, 2.75) is 51.1 Å². The molecule has 0 aliphatic heterocycles. The minimum absolute atomic E-state index is 0.0548. The van der Waals surface area contributed by atoms with E-state index in [-0.39, 0.29) is 17.0 Å². The zero-order valence-corrected chi connectivity index (χ0v) is 11.4. The quantitative estimate of drug-likeness (QED) is 0.858. The maximum absolute atomic E-state index is 12.0. The first-order valence-electron chi connectivity index (χ1n) is 6.48. The van der Waals surface area contributed by atoms with E-state index in [0.29, 0.717) is 6.42 Å². The highest BCUT2D eigenvalue weighted by Gasteiger charge is 2.41. The standard InChI is InChI=1S/C15H22N2O/c1-14(2,3)17-13(18)10-11-6-4-5-7-12(11)15(16)8-9-15/h4-7H,8-10,16H2,1-3H3,(H,17,18). The Bertz CT molecular complexity index is 456. The second kappa shape index (κ2) is 4.39. The van der Waals surface area contributed by atoms with Crippen molar-refractivity contribution in [1.82, 2.24) is 5.32 Å². The molecule has 18 heavy (non-hydrogen) atoms. The average molecular weight is 246 g/mol. The van der Waals surface area contributed by atoms with Gasteiger partial charge in [-0.1, -0.05) is 24.3 Å². The summed E-state index contributed by atoms with van der Waals surface area (Å²) in [5.74, 6) is 0.0548. The van der Waals surface area contributed by atoms with Crippen molar-refractivity contribution in [3.05, 3.63) is 35.4 Å². The number of rotatable bonds is 3. The smallest absolute Gasteiger partial charge is 0.224 e. The molecule has 1 aliphatic rings. The van der Waals surface area contributed by atoms with Gasteiger partial charge < -0.3 is 11.1 Å². The van der Waals surface area contributed by atoms with Crippen molar-refractivity contribution >= 4 is 5.91 Å². The minimum Gasteiger partial charge on any atom is -0.351 e. The third kappa shape index (κ3) is 3.10. The number of carbonyl (C=O) groups is 1. The number of amides is 1. The Morgan fingerprint density at radius 1 is 1.33 bits per heavy atom. The lowest BCUT2D eigenvalue weighted by Crippen LogP contribution is -2.41. The highest BCUT2D eigenvalue weighted by atomic mass is 16.1. The molecule has 0 spiro atoms. The fourth-order valence-electron chi connectivity index (χ4n) is 2.20. The normalized spacial score (nSPS) is 17.3. The third-order valence-electron chi connectivity index (χ3n) is 3.21. The average Bonchev–Trinajstić information content (AvgIpc) is 2.95. The van der Waals surface area contributed by atoms with Crippen molar-refractivity contribution < 1.29 is 4.79 Å². The van der Waals surface area contributed by atoms with Crippen LogP contribution in [-0.4, -0.2) is 11.4 Å². The largest absolute Gasteiger partial charge is 0.351 e. The molecule has 98 valence electrons. The van der Waals surface area contributed by atoms with Crippen LogP contribution >= 0.6 is 0 Å². The van der Waals surface area contributed by atoms with E-state index in [4.69, 9.17) is 5.73 Å². The molecule has 0 atom stereocenters. The zero-order valence-electron chi connectivity index (χ0n) is 11.4. The molecule has 0 radical (unpaired) electrons. The lowest BCUT2D eigenvalue weighted by Gasteiger charge is -2.21. The lowest BCUT2D eigenvalue weighted by atomic mass is 9.96. The lowest BCUT2D eigenvalue weighted by molar-refractivity contribution is -0.121. The van der Waals surface area contributed by atoms with Crippen LogP contribution in [0.25, 0.3) is 0 Å². The Morgan fingerprint density at radius 2 is 1.94 bits per heavy atom. The molecule has 3 heteroatoms. The minimum atomic E-state index is -0.188. The molecule has 2 rings (SSSR count). The van der Waals surface area contributed by atoms with Crippen LogP contribution < -0.4 is 11.1 Å². The van der Waals surface area contributed by atoms with Crippen molar-refractivity contribution in [3.8, 4) is 0 Å². The van der Waals surface area contributed by atoms with Crippen LogP contribution in [0.5, 0.6) is 0 Å². The van der Waals surface area contributed by atoms with Gasteiger partial charge in [0.1, 0.15) is 0 Å². The van der Waals surface area contributed by atoms with Gasteiger partial charge in [0.2, 0.25) is 5.91 Å². The van der Waals surface area contributed by atoms with Crippen molar-refractivity contribution in [2.24, 2.45) is 5.73 Å². The van der Waals surface area contributed by atoms with Gasteiger partial charge in [-0.2, -0.15) is 0 Å². The summed E-state index contributed by atoms with van der Waals surface area (Å²) < 4.78 is 0. The van der Waals surface area contributed by atoms with Crippen LogP contribution in [0.15, 0.2) is 24.3 Å². The molecular formula is C15H22N2O. The molecule has 0 saturated heterocycles. The summed E-state index contributed by atoms with van der Waals surface area (Å²) in [5, 5.41) is 2.99. The summed E-state index contributed by atoms with van der Waals surface area (Å²) in [5.41, 5.74) is 8.06. The molecule has 0 bridgehead atoms. The first-order chi connectivity index (χ1) is 8.30. The molecule has 1 amide bonds. The first-order valence-corrected chi connectivity index (χ1v) is 6.48. The van der Waals surface area contributed by atoms with Crippen LogP contribution in [0, 0.1) is 0 Å². The number of hydrogen-bond donors (Lipinski definition) is 2. The van der Waals surface area contributed by atoms with Gasteiger partial charge in [0.15, 0.2) is 0 Å². The van der Waals surface area contributed by atoms with Crippen molar-refractivity contribution in [3.63, 3.8) is 0 Å². The second-order valence-electron chi connectivity index (χ2n) is 6.29. The molecule has 0 aromatic heterocycles. The van der Waals surface area contributed by atoms with Gasteiger partial charge in [0.25, 0.3) is 0 Å². The summed E-state index contributed by atoms with van der Waals surface area (Å²) in [4.78, 5) is 12.0. The molecule has 3 N–H and O–H groups in total. The monoisotopic (exact) mass is 246 g/mol. The van der Waals surface area contributed by atoms with E-state index in [1.807, 2.05) is 45.0 Å². The summed E-state index contributed by atoms with van der Waals surface area (Å²) in [6.45, 7) is 5.96. The van der Waals surface area contributed by atoms with Gasteiger partial charge in [-0.25, -0.2) is 0 Å². The van der Waals surface area contributed by atoms with E-state index >= 15 is 0 Å². The highest BCUT2D eigenvalue weighted by Crippen LogP contribution is 2.44. The van der Waals surface area contributed by atoms with E-state index in [0.717, 1.165) is 24.0 Å². The highest BCUT2D eigenvalue weighted by molar-refractivity contribution is 5.79.